The number of hydrogen-bond donors (Lipinski definition) is 2. The van der Waals surface area contributed by atoms with Crippen molar-refractivity contribution in [3.05, 3.63) is 29.8 Å². The molecule has 1 fully saturated rings. The van der Waals surface area contributed by atoms with Gasteiger partial charge in [0.15, 0.2) is 0 Å². The smallest absolute Gasteiger partial charge is 0.115 e. The molecule has 3 nitrogen and oxygen atoms in total. The van der Waals surface area contributed by atoms with Gasteiger partial charge in [0.2, 0.25) is 0 Å². The molecule has 0 saturated carbocycles. The van der Waals surface area contributed by atoms with E-state index in [1.165, 1.54) is 37.9 Å². The van der Waals surface area contributed by atoms with Gasteiger partial charge in [-0.25, -0.2) is 0 Å². The first-order valence-corrected chi connectivity index (χ1v) is 8.33. The van der Waals surface area contributed by atoms with E-state index in [2.05, 4.69) is 24.2 Å². The number of hydrogen-bond acceptors (Lipinski definition) is 3. The first-order chi connectivity index (χ1) is 10.1. The third-order valence-electron chi connectivity index (χ3n) is 4.69. The molecule has 1 aromatic carbocycles. The second-order valence-electron chi connectivity index (χ2n) is 6.60. The molecule has 1 saturated heterocycles. The summed E-state index contributed by atoms with van der Waals surface area (Å²) in [6, 6.07) is 8.13. The molecule has 0 spiro atoms. The number of phenols is 1. The van der Waals surface area contributed by atoms with Gasteiger partial charge in [0.05, 0.1) is 0 Å². The van der Waals surface area contributed by atoms with Gasteiger partial charge in [0, 0.05) is 6.04 Å². The number of benzene rings is 1. The van der Waals surface area contributed by atoms with E-state index in [0.29, 0.717) is 11.8 Å². The highest BCUT2D eigenvalue weighted by Gasteiger charge is 2.16. The average molecular weight is 290 g/mol. The van der Waals surface area contributed by atoms with E-state index < -0.39 is 0 Å². The van der Waals surface area contributed by atoms with E-state index in [4.69, 9.17) is 0 Å². The second-order valence-corrected chi connectivity index (χ2v) is 6.60. The summed E-state index contributed by atoms with van der Waals surface area (Å²) in [5.74, 6) is 1.26. The van der Waals surface area contributed by atoms with Crippen LogP contribution in [-0.4, -0.2) is 42.7 Å². The summed E-state index contributed by atoms with van der Waals surface area (Å²) < 4.78 is 0. The van der Waals surface area contributed by atoms with Crippen LogP contribution in [0.2, 0.25) is 0 Å². The Morgan fingerprint density at radius 2 is 1.90 bits per heavy atom. The standard InChI is InChI=1S/C18H30N2O/c1-15(3-4-16-5-7-18(21)8-6-16)19-12-9-17-10-13-20(2)14-11-17/h5-8,15,17,19,21H,3-4,9-14H2,1-2H3. The first-order valence-electron chi connectivity index (χ1n) is 8.33. The molecule has 1 aliphatic rings. The van der Waals surface area contributed by atoms with Crippen molar-refractivity contribution in [2.75, 3.05) is 26.7 Å². The molecule has 21 heavy (non-hydrogen) atoms. The molecule has 118 valence electrons. The SMILES string of the molecule is CC(CCc1ccc(O)cc1)NCCC1CCN(C)CC1. The Labute approximate surface area is 129 Å². The number of phenolic OH excluding ortho intramolecular Hbond substituents is 1. The minimum atomic E-state index is 0.350. The summed E-state index contributed by atoms with van der Waals surface area (Å²) in [4.78, 5) is 2.43. The van der Waals surface area contributed by atoms with E-state index in [-0.39, 0.29) is 0 Å². The lowest BCUT2D eigenvalue weighted by Crippen LogP contribution is -2.33. The summed E-state index contributed by atoms with van der Waals surface area (Å²) in [6.45, 7) is 5.95. The maximum Gasteiger partial charge on any atom is 0.115 e. The summed E-state index contributed by atoms with van der Waals surface area (Å²) in [6.07, 6.45) is 6.26. The third-order valence-corrected chi connectivity index (χ3v) is 4.69. The largest absolute Gasteiger partial charge is 0.508 e. The minimum absolute atomic E-state index is 0.350. The summed E-state index contributed by atoms with van der Waals surface area (Å²) in [7, 11) is 2.22. The Morgan fingerprint density at radius 1 is 1.24 bits per heavy atom. The number of piperidine rings is 1. The Morgan fingerprint density at radius 3 is 2.57 bits per heavy atom. The van der Waals surface area contributed by atoms with E-state index in [9.17, 15) is 5.11 Å². The Hall–Kier alpha value is -1.06. The number of aromatic hydroxyl groups is 1. The average Bonchev–Trinajstić information content (AvgIpc) is 2.49. The van der Waals surface area contributed by atoms with Gasteiger partial charge in [0.25, 0.3) is 0 Å². The van der Waals surface area contributed by atoms with E-state index >= 15 is 0 Å². The van der Waals surface area contributed by atoms with E-state index in [1.807, 2.05) is 12.1 Å². The number of nitrogens with zero attached hydrogens (tertiary/aromatic N) is 1. The van der Waals surface area contributed by atoms with E-state index in [1.54, 1.807) is 12.1 Å². The molecule has 3 heteroatoms. The Balaban J connectivity index is 1.57. The zero-order chi connectivity index (χ0) is 15.1. The number of likely N-dealkylation sites (tertiary alicyclic amines) is 1. The van der Waals surface area contributed by atoms with Crippen LogP contribution in [0.4, 0.5) is 0 Å². The lowest BCUT2D eigenvalue weighted by molar-refractivity contribution is 0.210. The van der Waals surface area contributed by atoms with Crippen LogP contribution in [0.3, 0.4) is 0 Å². The Kier molecular flexibility index (Phi) is 6.52. The zero-order valence-electron chi connectivity index (χ0n) is 13.5. The molecule has 1 aliphatic heterocycles. The van der Waals surface area contributed by atoms with Gasteiger partial charge in [-0.1, -0.05) is 12.1 Å². The van der Waals surface area contributed by atoms with Gasteiger partial charge >= 0.3 is 0 Å². The van der Waals surface area contributed by atoms with Gasteiger partial charge in [0.1, 0.15) is 5.75 Å². The molecule has 1 heterocycles. The fraction of sp³-hybridized carbons (Fsp3) is 0.667. The lowest BCUT2D eigenvalue weighted by atomic mass is 9.94. The van der Waals surface area contributed by atoms with Crippen LogP contribution in [0.25, 0.3) is 0 Å². The molecule has 0 aromatic heterocycles. The lowest BCUT2D eigenvalue weighted by Gasteiger charge is -2.29. The van der Waals surface area contributed by atoms with Crippen molar-refractivity contribution in [3.8, 4) is 5.75 Å². The van der Waals surface area contributed by atoms with Crippen LogP contribution in [0.5, 0.6) is 5.75 Å². The highest BCUT2D eigenvalue weighted by molar-refractivity contribution is 5.25. The van der Waals surface area contributed by atoms with Crippen LogP contribution in [-0.2, 0) is 6.42 Å². The van der Waals surface area contributed by atoms with Gasteiger partial charge in [-0.3, -0.25) is 0 Å². The van der Waals surface area contributed by atoms with Crippen molar-refractivity contribution >= 4 is 0 Å². The third kappa shape index (κ3) is 6.06. The maximum absolute atomic E-state index is 9.28. The molecule has 0 aliphatic carbocycles. The highest BCUT2D eigenvalue weighted by atomic mass is 16.3. The molecular weight excluding hydrogens is 260 g/mol. The number of nitrogens with one attached hydrogen (secondary N) is 1. The van der Waals surface area contributed by atoms with Crippen molar-refractivity contribution in [1.82, 2.24) is 10.2 Å². The van der Waals surface area contributed by atoms with Crippen LogP contribution in [0.15, 0.2) is 24.3 Å². The minimum Gasteiger partial charge on any atom is -0.508 e. The first kappa shape index (κ1) is 16.3. The van der Waals surface area contributed by atoms with Gasteiger partial charge in [-0.05, 0) is 89.3 Å². The van der Waals surface area contributed by atoms with Crippen LogP contribution < -0.4 is 5.32 Å². The van der Waals surface area contributed by atoms with Crippen molar-refractivity contribution in [1.29, 1.82) is 0 Å². The summed E-state index contributed by atoms with van der Waals surface area (Å²) in [5, 5.41) is 12.9. The second kappa shape index (κ2) is 8.40. The maximum atomic E-state index is 9.28. The van der Waals surface area contributed by atoms with Crippen LogP contribution in [0.1, 0.15) is 38.2 Å². The Bertz CT molecular complexity index is 396. The van der Waals surface area contributed by atoms with Crippen molar-refractivity contribution < 1.29 is 5.11 Å². The summed E-state index contributed by atoms with van der Waals surface area (Å²) >= 11 is 0. The molecular formula is C18H30N2O. The fourth-order valence-electron chi connectivity index (χ4n) is 3.03. The van der Waals surface area contributed by atoms with Crippen LogP contribution in [0, 0.1) is 5.92 Å². The predicted octanol–water partition coefficient (Wildman–Crippen LogP) is 3.03. The van der Waals surface area contributed by atoms with Gasteiger partial charge < -0.3 is 15.3 Å². The topological polar surface area (TPSA) is 35.5 Å². The van der Waals surface area contributed by atoms with Crippen molar-refractivity contribution in [3.63, 3.8) is 0 Å². The fourth-order valence-corrected chi connectivity index (χ4v) is 3.03. The van der Waals surface area contributed by atoms with Crippen molar-refractivity contribution in [2.24, 2.45) is 5.92 Å². The van der Waals surface area contributed by atoms with Gasteiger partial charge in [-0.15, -0.1) is 0 Å². The number of aryl methyl sites for hydroxylation is 1. The van der Waals surface area contributed by atoms with E-state index in [0.717, 1.165) is 25.3 Å². The molecule has 1 unspecified atom stereocenters. The molecule has 0 amide bonds. The highest BCUT2D eigenvalue weighted by Crippen LogP contribution is 2.19. The van der Waals surface area contributed by atoms with Gasteiger partial charge in [-0.2, -0.15) is 0 Å². The quantitative estimate of drug-likeness (QED) is 0.810. The molecule has 2 N–H and O–H groups in total. The molecule has 0 radical (unpaired) electrons. The normalized spacial score (nSPS) is 18.8. The zero-order valence-corrected chi connectivity index (χ0v) is 13.5. The monoisotopic (exact) mass is 290 g/mol. The van der Waals surface area contributed by atoms with Crippen LogP contribution >= 0.6 is 0 Å². The van der Waals surface area contributed by atoms with Crippen molar-refractivity contribution in [2.45, 2.75) is 45.1 Å². The predicted molar refractivity (Wildman–Crippen MR) is 88.7 cm³/mol. The molecule has 1 atom stereocenters. The number of rotatable bonds is 7. The molecule has 0 bridgehead atoms. The molecule has 1 aromatic rings. The molecule has 2 rings (SSSR count). The summed E-state index contributed by atoms with van der Waals surface area (Å²) in [5.41, 5.74) is 1.30.